The summed E-state index contributed by atoms with van der Waals surface area (Å²) in [5.74, 6) is -0.526. The number of carbonyl (C=O) groups is 1. The lowest BCUT2D eigenvalue weighted by molar-refractivity contribution is -0.159. The molecule has 0 aromatic heterocycles. The predicted molar refractivity (Wildman–Crippen MR) is 82.8 cm³/mol. The summed E-state index contributed by atoms with van der Waals surface area (Å²) in [5.41, 5.74) is 0.197. The average Bonchev–Trinajstić information content (AvgIpc) is 2.48. The van der Waals surface area contributed by atoms with Gasteiger partial charge in [-0.05, 0) is 50.4 Å². The van der Waals surface area contributed by atoms with Gasteiger partial charge in [0, 0.05) is 0 Å². The fourth-order valence-corrected chi connectivity index (χ4v) is 4.42. The zero-order chi connectivity index (χ0) is 14.5. The van der Waals surface area contributed by atoms with E-state index < -0.39 is 5.97 Å². The maximum Gasteiger partial charge on any atom is 0.309 e. The highest BCUT2D eigenvalue weighted by Gasteiger charge is 2.51. The molecule has 3 rings (SSSR count). The van der Waals surface area contributed by atoms with Gasteiger partial charge in [0.25, 0.3) is 0 Å². The first-order valence-corrected chi connectivity index (χ1v) is 8.86. The van der Waals surface area contributed by atoms with Crippen LogP contribution in [-0.4, -0.2) is 11.1 Å². The number of fused-ring (bicyclic) bond motifs is 3. The summed E-state index contributed by atoms with van der Waals surface area (Å²) in [5, 5.41) is 9.41. The summed E-state index contributed by atoms with van der Waals surface area (Å²) in [6.45, 7) is 2.27. The second-order valence-electron chi connectivity index (χ2n) is 7.46. The second kappa shape index (κ2) is 6.95. The summed E-state index contributed by atoms with van der Waals surface area (Å²) in [6.07, 6.45) is 17.4. The minimum absolute atomic E-state index is 0.331. The Morgan fingerprint density at radius 3 is 1.85 bits per heavy atom. The normalized spacial score (nSPS) is 32.5. The van der Waals surface area contributed by atoms with Crippen LogP contribution < -0.4 is 0 Å². The Morgan fingerprint density at radius 2 is 1.35 bits per heavy atom. The maximum atomic E-state index is 11.4. The van der Waals surface area contributed by atoms with Crippen LogP contribution in [0.15, 0.2) is 0 Å². The third-order valence-corrected chi connectivity index (χ3v) is 6.17. The lowest BCUT2D eigenvalue weighted by Crippen LogP contribution is -2.45. The van der Waals surface area contributed by atoms with Gasteiger partial charge < -0.3 is 5.11 Å². The van der Waals surface area contributed by atoms with Crippen molar-refractivity contribution in [3.63, 3.8) is 0 Å². The van der Waals surface area contributed by atoms with E-state index in [1.165, 1.54) is 70.6 Å². The highest BCUT2D eigenvalue weighted by molar-refractivity contribution is 5.75. The lowest BCUT2D eigenvalue weighted by atomic mass is 9.52. The van der Waals surface area contributed by atoms with Crippen LogP contribution in [0.25, 0.3) is 0 Å². The van der Waals surface area contributed by atoms with Crippen molar-refractivity contribution in [1.82, 2.24) is 0 Å². The van der Waals surface area contributed by atoms with Crippen LogP contribution in [0.4, 0.5) is 0 Å². The van der Waals surface area contributed by atoms with Gasteiger partial charge in [-0.3, -0.25) is 4.79 Å². The molecule has 3 aliphatic carbocycles. The van der Waals surface area contributed by atoms with Gasteiger partial charge in [-0.2, -0.15) is 0 Å². The Labute approximate surface area is 124 Å². The van der Waals surface area contributed by atoms with Gasteiger partial charge in [-0.1, -0.05) is 51.9 Å². The van der Waals surface area contributed by atoms with Crippen molar-refractivity contribution in [2.24, 2.45) is 10.8 Å². The number of unbranched alkanes of at least 4 members (excludes halogenated alkanes) is 6. The summed E-state index contributed by atoms with van der Waals surface area (Å²) >= 11 is 0. The molecule has 0 saturated heterocycles. The molecule has 0 spiro atoms. The minimum Gasteiger partial charge on any atom is -0.481 e. The van der Waals surface area contributed by atoms with Crippen LogP contribution in [-0.2, 0) is 4.79 Å². The fraction of sp³-hybridized carbons (Fsp3) is 0.944. The minimum atomic E-state index is -0.526. The zero-order valence-corrected chi connectivity index (χ0v) is 13.3. The van der Waals surface area contributed by atoms with Gasteiger partial charge in [0.15, 0.2) is 0 Å². The Hall–Kier alpha value is -0.530. The molecule has 2 heteroatoms. The highest BCUT2D eigenvalue weighted by atomic mass is 16.4. The first kappa shape index (κ1) is 15.9. The van der Waals surface area contributed by atoms with E-state index in [9.17, 15) is 9.90 Å². The van der Waals surface area contributed by atoms with Gasteiger partial charge in [-0.25, -0.2) is 0 Å². The fourth-order valence-electron chi connectivity index (χ4n) is 4.42. The van der Waals surface area contributed by atoms with Crippen LogP contribution in [0.1, 0.15) is 96.8 Å². The number of hydrogen-bond acceptors (Lipinski definition) is 1. The van der Waals surface area contributed by atoms with Crippen molar-refractivity contribution in [2.75, 3.05) is 0 Å². The van der Waals surface area contributed by atoms with Gasteiger partial charge in [0.2, 0.25) is 0 Å². The second-order valence-corrected chi connectivity index (χ2v) is 7.46. The molecule has 0 aromatic carbocycles. The van der Waals surface area contributed by atoms with E-state index in [-0.39, 0.29) is 5.41 Å². The third kappa shape index (κ3) is 3.56. The Bertz CT molecular complexity index is 297. The summed E-state index contributed by atoms with van der Waals surface area (Å²) in [6, 6.07) is 0. The first-order chi connectivity index (χ1) is 9.63. The smallest absolute Gasteiger partial charge is 0.309 e. The molecule has 0 heterocycles. The van der Waals surface area contributed by atoms with E-state index in [1.807, 2.05) is 0 Å². The van der Waals surface area contributed by atoms with Gasteiger partial charge >= 0.3 is 5.97 Å². The van der Waals surface area contributed by atoms with Gasteiger partial charge in [-0.15, -0.1) is 0 Å². The molecule has 20 heavy (non-hydrogen) atoms. The zero-order valence-electron chi connectivity index (χ0n) is 13.3. The largest absolute Gasteiger partial charge is 0.481 e. The van der Waals surface area contributed by atoms with E-state index in [0.29, 0.717) is 5.41 Å². The highest BCUT2D eigenvalue weighted by Crippen LogP contribution is 2.58. The topological polar surface area (TPSA) is 37.3 Å². The summed E-state index contributed by atoms with van der Waals surface area (Å²) < 4.78 is 0. The number of hydrogen-bond donors (Lipinski definition) is 1. The summed E-state index contributed by atoms with van der Waals surface area (Å²) in [7, 11) is 0. The van der Waals surface area contributed by atoms with Crippen LogP contribution in [0.2, 0.25) is 0 Å². The molecule has 0 aliphatic heterocycles. The number of aliphatic carboxylic acids is 1. The third-order valence-electron chi connectivity index (χ3n) is 6.17. The molecule has 116 valence electrons. The van der Waals surface area contributed by atoms with E-state index in [0.717, 1.165) is 19.3 Å². The van der Waals surface area contributed by atoms with Crippen molar-refractivity contribution in [3.8, 4) is 0 Å². The number of carboxylic acid groups (broad SMARTS) is 1. The average molecular weight is 280 g/mol. The van der Waals surface area contributed by atoms with E-state index in [2.05, 4.69) is 6.92 Å². The Morgan fingerprint density at radius 1 is 0.850 bits per heavy atom. The molecule has 0 radical (unpaired) electrons. The standard InChI is InChI=1S/C18H32O2/c1-2-3-4-5-6-7-8-9-17-10-13-18(14-11-17,15-12-17)16(19)20/h2-15H2,1H3,(H,19,20). The molecule has 2 nitrogen and oxygen atoms in total. The molecule has 3 fully saturated rings. The maximum absolute atomic E-state index is 11.4. The molecule has 0 amide bonds. The van der Waals surface area contributed by atoms with E-state index in [4.69, 9.17) is 0 Å². The molecular weight excluding hydrogens is 248 g/mol. The molecular formula is C18H32O2. The summed E-state index contributed by atoms with van der Waals surface area (Å²) in [4.78, 5) is 11.4. The lowest BCUT2D eigenvalue weighted by Gasteiger charge is -2.51. The van der Waals surface area contributed by atoms with Crippen molar-refractivity contribution >= 4 is 5.97 Å². The number of carboxylic acids is 1. The first-order valence-electron chi connectivity index (χ1n) is 8.86. The number of rotatable bonds is 9. The molecule has 3 aliphatic rings. The van der Waals surface area contributed by atoms with Gasteiger partial charge in [0.1, 0.15) is 0 Å². The van der Waals surface area contributed by atoms with Crippen LogP contribution in [0, 0.1) is 10.8 Å². The molecule has 0 atom stereocenters. The van der Waals surface area contributed by atoms with Crippen LogP contribution >= 0.6 is 0 Å². The molecule has 2 bridgehead atoms. The quantitative estimate of drug-likeness (QED) is 0.562. The van der Waals surface area contributed by atoms with Crippen LogP contribution in [0.3, 0.4) is 0 Å². The van der Waals surface area contributed by atoms with E-state index >= 15 is 0 Å². The van der Waals surface area contributed by atoms with Gasteiger partial charge in [0.05, 0.1) is 5.41 Å². The Kier molecular flexibility index (Phi) is 5.51. The molecule has 0 aromatic rings. The van der Waals surface area contributed by atoms with Crippen molar-refractivity contribution in [1.29, 1.82) is 0 Å². The SMILES string of the molecule is CCCCCCCCCC12CCC(C(=O)O)(CC1)CC2. The van der Waals surface area contributed by atoms with Crippen molar-refractivity contribution < 1.29 is 9.90 Å². The van der Waals surface area contributed by atoms with Crippen molar-refractivity contribution in [3.05, 3.63) is 0 Å². The predicted octanol–water partition coefficient (Wildman–Crippen LogP) is 5.55. The molecule has 0 unspecified atom stereocenters. The Balaban J connectivity index is 1.64. The molecule has 3 saturated carbocycles. The van der Waals surface area contributed by atoms with Crippen LogP contribution in [0.5, 0.6) is 0 Å². The van der Waals surface area contributed by atoms with E-state index in [1.54, 1.807) is 0 Å². The monoisotopic (exact) mass is 280 g/mol. The van der Waals surface area contributed by atoms with Crippen molar-refractivity contribution in [2.45, 2.75) is 96.8 Å². The molecule has 1 N–H and O–H groups in total.